The fraction of sp³-hybridized carbons (Fsp3) is 0.464. The highest BCUT2D eigenvalue weighted by Gasteiger charge is 2.45. The van der Waals surface area contributed by atoms with Gasteiger partial charge < -0.3 is 23.6 Å². The number of ether oxygens (including phenoxy) is 2. The second-order valence-corrected chi connectivity index (χ2v) is 11.1. The minimum absolute atomic E-state index is 0.0122. The molecule has 0 amide bonds. The van der Waals surface area contributed by atoms with E-state index in [1.165, 1.54) is 11.7 Å². The third-order valence-corrected chi connectivity index (χ3v) is 8.34. The monoisotopic (exact) mass is 546 g/mol. The molecule has 1 atom stereocenters. The number of cyclic esters (lactones) is 1. The zero-order valence-corrected chi connectivity index (χ0v) is 22.7. The molecule has 0 unspecified atom stereocenters. The standard InChI is InChI=1S/C28H31F3N3O5/c1-7-27(37)19-10-22-23-15(11-33(22)25(35)18(19)13-39-26(27)36)8-16-17(12-34(4,5)14(2)3)24(38-6)20(28(29,30)31)9-21(16)32-23/h8-10,14,37H,7,11-13H2,1-6H3/q+1/t27-/m0/s1. The number of rotatable bonds is 5. The summed E-state index contributed by atoms with van der Waals surface area (Å²) in [5.41, 5.74) is -1.21. The quantitative estimate of drug-likeness (QED) is 0.300. The molecule has 8 nitrogen and oxygen atoms in total. The summed E-state index contributed by atoms with van der Waals surface area (Å²) in [6, 6.07) is 4.40. The molecule has 1 aromatic carbocycles. The number of pyridine rings is 2. The maximum absolute atomic E-state index is 14.2. The number of hydrogen-bond donors (Lipinski definition) is 1. The minimum atomic E-state index is -4.68. The van der Waals surface area contributed by atoms with E-state index in [2.05, 4.69) is 4.98 Å². The van der Waals surface area contributed by atoms with E-state index in [1.54, 1.807) is 19.1 Å². The van der Waals surface area contributed by atoms with Gasteiger partial charge in [-0.15, -0.1) is 0 Å². The average Bonchev–Trinajstić information content (AvgIpc) is 3.22. The fourth-order valence-electron chi connectivity index (χ4n) is 5.36. The van der Waals surface area contributed by atoms with Crippen molar-refractivity contribution < 1.29 is 37.0 Å². The van der Waals surface area contributed by atoms with E-state index in [9.17, 15) is 27.9 Å². The number of halogens is 3. The van der Waals surface area contributed by atoms with Crippen molar-refractivity contribution in [1.82, 2.24) is 9.55 Å². The van der Waals surface area contributed by atoms with Gasteiger partial charge in [0.15, 0.2) is 5.60 Å². The normalized spacial score (nSPS) is 18.7. The maximum atomic E-state index is 14.2. The number of aliphatic hydroxyl groups is 1. The van der Waals surface area contributed by atoms with Crippen molar-refractivity contribution in [1.29, 1.82) is 0 Å². The summed E-state index contributed by atoms with van der Waals surface area (Å²) in [5, 5.41) is 11.6. The molecular weight excluding hydrogens is 515 g/mol. The third-order valence-electron chi connectivity index (χ3n) is 8.34. The second-order valence-electron chi connectivity index (χ2n) is 11.1. The van der Waals surface area contributed by atoms with Crippen LogP contribution in [0.15, 0.2) is 23.0 Å². The Labute approximate surface area is 223 Å². The first-order valence-corrected chi connectivity index (χ1v) is 12.7. The van der Waals surface area contributed by atoms with Crippen molar-refractivity contribution >= 4 is 16.9 Å². The van der Waals surface area contributed by atoms with Gasteiger partial charge in [-0.1, -0.05) is 6.92 Å². The number of fused-ring (bicyclic) bond motifs is 5. The van der Waals surface area contributed by atoms with E-state index in [0.29, 0.717) is 32.4 Å². The zero-order chi connectivity index (χ0) is 28.7. The number of nitrogens with zero attached hydrogens (tertiary/aromatic N) is 3. The van der Waals surface area contributed by atoms with Crippen LogP contribution in [0.25, 0.3) is 22.3 Å². The van der Waals surface area contributed by atoms with E-state index in [1.807, 2.05) is 27.9 Å². The Kier molecular flexibility index (Phi) is 6.11. The number of methoxy groups -OCH3 is 1. The molecule has 5 rings (SSSR count). The van der Waals surface area contributed by atoms with Crippen LogP contribution < -0.4 is 10.3 Å². The van der Waals surface area contributed by atoms with Crippen LogP contribution in [0.2, 0.25) is 0 Å². The summed E-state index contributed by atoms with van der Waals surface area (Å²) >= 11 is 0. The summed E-state index contributed by atoms with van der Waals surface area (Å²) in [4.78, 5) is 30.5. The largest absolute Gasteiger partial charge is 0.496 e. The van der Waals surface area contributed by atoms with Crippen LogP contribution in [0.1, 0.15) is 55.0 Å². The van der Waals surface area contributed by atoms with Crippen LogP contribution in [0.5, 0.6) is 5.75 Å². The fourth-order valence-corrected chi connectivity index (χ4v) is 5.36. The van der Waals surface area contributed by atoms with Gasteiger partial charge in [-0.3, -0.25) is 4.79 Å². The number of carbonyl (C=O) groups is 1. The van der Waals surface area contributed by atoms with E-state index >= 15 is 0 Å². The topological polar surface area (TPSA) is 90.7 Å². The number of alkyl halides is 3. The molecule has 11 heteroatoms. The molecule has 0 saturated heterocycles. The number of quaternary nitrogens is 1. The van der Waals surface area contributed by atoms with Crippen molar-refractivity contribution in [2.24, 2.45) is 0 Å². The smallest absolute Gasteiger partial charge is 0.420 e. The highest BCUT2D eigenvalue weighted by molar-refractivity contribution is 5.90. The van der Waals surface area contributed by atoms with Crippen molar-refractivity contribution in [2.75, 3.05) is 21.2 Å². The molecule has 2 aromatic heterocycles. The van der Waals surface area contributed by atoms with Crippen molar-refractivity contribution in [3.05, 3.63) is 56.4 Å². The molecule has 4 heterocycles. The molecule has 0 saturated carbocycles. The molecule has 39 heavy (non-hydrogen) atoms. The number of aromatic nitrogens is 2. The first-order valence-electron chi connectivity index (χ1n) is 12.7. The SMILES string of the molecule is CC[C@@]1(O)C(=O)OCc2c1cc1n(c2=O)Cc2cc3c(C[N+](C)(C)C(C)C)c(OC)c(C(F)(F)F)cc3nc2-1. The van der Waals surface area contributed by atoms with Gasteiger partial charge in [0.2, 0.25) is 0 Å². The van der Waals surface area contributed by atoms with E-state index in [0.717, 1.165) is 6.07 Å². The molecule has 0 fully saturated rings. The molecule has 0 radical (unpaired) electrons. The maximum Gasteiger partial charge on any atom is 0.420 e. The van der Waals surface area contributed by atoms with Gasteiger partial charge in [0.25, 0.3) is 5.56 Å². The first-order chi connectivity index (χ1) is 18.1. The molecule has 0 aliphatic carbocycles. The third kappa shape index (κ3) is 4.01. The van der Waals surface area contributed by atoms with Gasteiger partial charge in [0.05, 0.1) is 61.8 Å². The van der Waals surface area contributed by atoms with E-state index < -0.39 is 28.9 Å². The lowest BCUT2D eigenvalue weighted by molar-refractivity contribution is -0.924. The van der Waals surface area contributed by atoms with E-state index in [-0.39, 0.29) is 54.6 Å². The van der Waals surface area contributed by atoms with Crippen LogP contribution in [0, 0.1) is 0 Å². The van der Waals surface area contributed by atoms with Gasteiger partial charge in [-0.25, -0.2) is 9.78 Å². The van der Waals surface area contributed by atoms with Gasteiger partial charge in [-0.05, 0) is 38.5 Å². The molecule has 3 aromatic rings. The number of esters is 1. The van der Waals surface area contributed by atoms with E-state index in [4.69, 9.17) is 9.47 Å². The molecular formula is C28H31F3N3O5+. The Balaban J connectivity index is 1.80. The number of carbonyl (C=O) groups excluding carboxylic acids is 1. The van der Waals surface area contributed by atoms with Crippen LogP contribution in [-0.2, 0) is 41.0 Å². The Bertz CT molecular complexity index is 1590. The highest BCUT2D eigenvalue weighted by atomic mass is 19.4. The molecule has 0 spiro atoms. The average molecular weight is 547 g/mol. The van der Waals surface area contributed by atoms with Crippen LogP contribution >= 0.6 is 0 Å². The van der Waals surface area contributed by atoms with Crippen molar-refractivity contribution in [3.63, 3.8) is 0 Å². The lowest BCUT2D eigenvalue weighted by Crippen LogP contribution is -2.45. The lowest BCUT2D eigenvalue weighted by atomic mass is 9.86. The number of benzene rings is 1. The molecule has 208 valence electrons. The zero-order valence-electron chi connectivity index (χ0n) is 22.7. The molecule has 1 N–H and O–H groups in total. The molecule has 0 bridgehead atoms. The Morgan fingerprint density at radius 2 is 1.92 bits per heavy atom. The highest BCUT2D eigenvalue weighted by Crippen LogP contribution is 2.45. The van der Waals surface area contributed by atoms with Crippen LogP contribution in [0.4, 0.5) is 13.2 Å². The molecule has 2 aliphatic heterocycles. The Morgan fingerprint density at radius 3 is 2.51 bits per heavy atom. The summed E-state index contributed by atoms with van der Waals surface area (Å²) < 4.78 is 55.0. The first kappa shape index (κ1) is 27.1. The minimum Gasteiger partial charge on any atom is -0.496 e. The van der Waals surface area contributed by atoms with Crippen LogP contribution in [0.3, 0.4) is 0 Å². The Morgan fingerprint density at radius 1 is 1.23 bits per heavy atom. The predicted octanol–water partition coefficient (Wildman–Crippen LogP) is 4.09. The number of hydrogen-bond acceptors (Lipinski definition) is 6. The lowest BCUT2D eigenvalue weighted by Gasteiger charge is -2.35. The summed E-state index contributed by atoms with van der Waals surface area (Å²) in [6.07, 6.45) is -4.70. The summed E-state index contributed by atoms with van der Waals surface area (Å²) in [6.45, 7) is 5.73. The second kappa shape index (κ2) is 8.79. The van der Waals surface area contributed by atoms with Gasteiger partial charge in [-0.2, -0.15) is 13.2 Å². The van der Waals surface area contributed by atoms with Gasteiger partial charge >= 0.3 is 12.1 Å². The van der Waals surface area contributed by atoms with Gasteiger partial charge in [0.1, 0.15) is 24.5 Å². The summed E-state index contributed by atoms with van der Waals surface area (Å²) in [7, 11) is 5.11. The van der Waals surface area contributed by atoms with Gasteiger partial charge in [0, 0.05) is 16.5 Å². The van der Waals surface area contributed by atoms with Crippen molar-refractivity contribution in [3.8, 4) is 17.1 Å². The Hall–Kier alpha value is -3.44. The molecule has 2 aliphatic rings. The van der Waals surface area contributed by atoms with Crippen molar-refractivity contribution in [2.45, 2.75) is 64.7 Å². The predicted molar refractivity (Wildman–Crippen MR) is 137 cm³/mol. The van der Waals surface area contributed by atoms with Crippen LogP contribution in [-0.4, -0.2) is 52.4 Å². The summed E-state index contributed by atoms with van der Waals surface area (Å²) in [5.74, 6) is -1.08.